The van der Waals surface area contributed by atoms with Gasteiger partial charge in [0, 0.05) is 0 Å². The lowest BCUT2D eigenvalue weighted by atomic mass is 9.97. The summed E-state index contributed by atoms with van der Waals surface area (Å²) in [6.07, 6.45) is 1.83. The number of rotatable bonds is 5. The van der Waals surface area contributed by atoms with E-state index in [0.717, 1.165) is 12.6 Å². The highest BCUT2D eigenvalue weighted by molar-refractivity contribution is 5.79. The highest BCUT2D eigenvalue weighted by Gasteiger charge is 2.35. The molecule has 1 aromatic rings. The van der Waals surface area contributed by atoms with E-state index in [-0.39, 0.29) is 0 Å². The largest absolute Gasteiger partial charge is 0.480 e. The number of pyridine rings is 1. The number of hydrogen-bond acceptors (Lipinski definition) is 3. The fourth-order valence-electron chi connectivity index (χ4n) is 1.32. The molecule has 4 nitrogen and oxygen atoms in total. The van der Waals surface area contributed by atoms with E-state index in [1.807, 2.05) is 6.92 Å². The number of hydrogen-bond donors (Lipinski definition) is 2. The molecule has 0 aliphatic carbocycles. The van der Waals surface area contributed by atoms with Crippen LogP contribution in [0.2, 0.25) is 0 Å². The average molecular weight is 226 g/mol. The molecule has 0 bridgehead atoms. The first-order chi connectivity index (χ1) is 7.50. The van der Waals surface area contributed by atoms with Gasteiger partial charge in [-0.05, 0) is 32.0 Å². The number of nitrogens with one attached hydrogen (secondary N) is 1. The van der Waals surface area contributed by atoms with E-state index in [0.29, 0.717) is 12.2 Å². The Labute approximate surface area is 93.5 Å². The van der Waals surface area contributed by atoms with E-state index in [9.17, 15) is 14.3 Å². The molecule has 2 N–H and O–H groups in total. The van der Waals surface area contributed by atoms with Crippen LogP contribution in [0.5, 0.6) is 0 Å². The van der Waals surface area contributed by atoms with Gasteiger partial charge in [-0.15, -0.1) is 0 Å². The van der Waals surface area contributed by atoms with Crippen LogP contribution in [0.4, 0.5) is 4.39 Å². The lowest BCUT2D eigenvalue weighted by Crippen LogP contribution is -2.47. The van der Waals surface area contributed by atoms with Gasteiger partial charge in [-0.3, -0.25) is 10.3 Å². The van der Waals surface area contributed by atoms with Crippen molar-refractivity contribution < 1.29 is 14.3 Å². The van der Waals surface area contributed by atoms with Crippen LogP contribution in [-0.4, -0.2) is 22.6 Å². The van der Waals surface area contributed by atoms with Gasteiger partial charge in [-0.1, -0.05) is 6.92 Å². The molecule has 0 saturated heterocycles. The third-order valence-corrected chi connectivity index (χ3v) is 2.40. The summed E-state index contributed by atoms with van der Waals surface area (Å²) in [5.74, 6) is -1.51. The van der Waals surface area contributed by atoms with E-state index >= 15 is 0 Å². The molecular formula is C11H15FN2O2. The number of carboxylic acids is 1. The van der Waals surface area contributed by atoms with E-state index in [1.165, 1.54) is 19.1 Å². The predicted octanol–water partition coefficient (Wildman–Crippen LogP) is 1.52. The Hall–Kier alpha value is -1.49. The zero-order valence-corrected chi connectivity index (χ0v) is 9.33. The molecule has 0 radical (unpaired) electrons. The Bertz CT molecular complexity index is 367. The van der Waals surface area contributed by atoms with E-state index in [1.54, 1.807) is 0 Å². The quantitative estimate of drug-likeness (QED) is 0.799. The Morgan fingerprint density at radius 3 is 2.75 bits per heavy atom. The second kappa shape index (κ2) is 5.03. The highest BCUT2D eigenvalue weighted by atomic mass is 19.1. The van der Waals surface area contributed by atoms with Crippen LogP contribution < -0.4 is 5.32 Å². The maximum Gasteiger partial charge on any atom is 0.329 e. The average Bonchev–Trinajstić information content (AvgIpc) is 2.26. The molecule has 0 aromatic carbocycles. The Balaban J connectivity index is 3.01. The van der Waals surface area contributed by atoms with Crippen molar-refractivity contribution in [1.82, 2.24) is 10.3 Å². The molecule has 1 atom stereocenters. The van der Waals surface area contributed by atoms with Crippen molar-refractivity contribution in [3.05, 3.63) is 29.8 Å². The van der Waals surface area contributed by atoms with Gasteiger partial charge in [-0.2, -0.15) is 0 Å². The zero-order valence-electron chi connectivity index (χ0n) is 9.33. The summed E-state index contributed by atoms with van der Waals surface area (Å²) < 4.78 is 12.7. The molecule has 1 heterocycles. The van der Waals surface area contributed by atoms with Crippen molar-refractivity contribution >= 4 is 5.97 Å². The lowest BCUT2D eigenvalue weighted by Gasteiger charge is -2.25. The molecule has 0 aliphatic heterocycles. The van der Waals surface area contributed by atoms with Crippen LogP contribution in [0.25, 0.3) is 0 Å². The van der Waals surface area contributed by atoms with Crippen LogP contribution >= 0.6 is 0 Å². The molecular weight excluding hydrogens is 211 g/mol. The van der Waals surface area contributed by atoms with Crippen LogP contribution in [0.1, 0.15) is 26.0 Å². The number of aliphatic carboxylic acids is 1. The molecule has 1 unspecified atom stereocenters. The Kier molecular flexibility index (Phi) is 3.95. The normalized spacial score (nSPS) is 14.4. The van der Waals surface area contributed by atoms with Gasteiger partial charge in [0.05, 0.1) is 11.9 Å². The molecule has 1 rings (SSSR count). The molecule has 5 heteroatoms. The third kappa shape index (κ3) is 2.55. The lowest BCUT2D eigenvalue weighted by molar-refractivity contribution is -0.144. The molecule has 0 fully saturated rings. The number of aromatic nitrogens is 1. The molecule has 16 heavy (non-hydrogen) atoms. The smallest absolute Gasteiger partial charge is 0.329 e. The standard InChI is InChI=1S/C11H15FN2O2/c1-3-6-14-11(2,10(15)16)9-5-4-8(12)7-13-9/h4-5,7,14H,3,6H2,1-2H3,(H,15,16). The van der Waals surface area contributed by atoms with Crippen LogP contribution in [0.3, 0.4) is 0 Å². The summed E-state index contributed by atoms with van der Waals surface area (Å²) in [4.78, 5) is 15.0. The minimum atomic E-state index is -1.27. The third-order valence-electron chi connectivity index (χ3n) is 2.40. The minimum absolute atomic E-state index is 0.301. The zero-order chi connectivity index (χ0) is 12.2. The minimum Gasteiger partial charge on any atom is -0.480 e. The van der Waals surface area contributed by atoms with Crippen LogP contribution in [0, 0.1) is 5.82 Å². The monoisotopic (exact) mass is 226 g/mol. The Morgan fingerprint density at radius 2 is 2.31 bits per heavy atom. The summed E-state index contributed by atoms with van der Waals surface area (Å²) in [7, 11) is 0. The molecule has 0 aliphatic rings. The van der Waals surface area contributed by atoms with Crippen molar-refractivity contribution in [2.75, 3.05) is 6.54 Å². The molecule has 0 amide bonds. The van der Waals surface area contributed by atoms with Gasteiger partial charge < -0.3 is 5.11 Å². The summed E-state index contributed by atoms with van der Waals surface area (Å²) in [5.41, 5.74) is -0.973. The van der Waals surface area contributed by atoms with Crippen LogP contribution in [0.15, 0.2) is 18.3 Å². The maximum atomic E-state index is 12.7. The summed E-state index contributed by atoms with van der Waals surface area (Å²) >= 11 is 0. The molecule has 0 spiro atoms. The summed E-state index contributed by atoms with van der Waals surface area (Å²) in [6.45, 7) is 4.01. The second-order valence-electron chi connectivity index (χ2n) is 3.72. The topological polar surface area (TPSA) is 62.2 Å². The van der Waals surface area contributed by atoms with Crippen molar-refractivity contribution in [3.63, 3.8) is 0 Å². The van der Waals surface area contributed by atoms with E-state index in [4.69, 9.17) is 0 Å². The van der Waals surface area contributed by atoms with E-state index in [2.05, 4.69) is 10.3 Å². The van der Waals surface area contributed by atoms with Crippen LogP contribution in [-0.2, 0) is 10.3 Å². The second-order valence-corrected chi connectivity index (χ2v) is 3.72. The highest BCUT2D eigenvalue weighted by Crippen LogP contribution is 2.19. The van der Waals surface area contributed by atoms with Gasteiger partial charge in [0.2, 0.25) is 0 Å². The first-order valence-corrected chi connectivity index (χ1v) is 5.11. The van der Waals surface area contributed by atoms with Gasteiger partial charge in [-0.25, -0.2) is 9.18 Å². The Morgan fingerprint density at radius 1 is 1.62 bits per heavy atom. The molecule has 1 aromatic heterocycles. The number of carboxylic acid groups (broad SMARTS) is 1. The summed E-state index contributed by atoms with van der Waals surface area (Å²) in [5, 5.41) is 12.1. The first-order valence-electron chi connectivity index (χ1n) is 5.11. The fourth-order valence-corrected chi connectivity index (χ4v) is 1.32. The van der Waals surface area contributed by atoms with Crippen molar-refractivity contribution in [1.29, 1.82) is 0 Å². The fraction of sp³-hybridized carbons (Fsp3) is 0.455. The van der Waals surface area contributed by atoms with Gasteiger partial charge in [0.15, 0.2) is 5.54 Å². The first kappa shape index (κ1) is 12.6. The maximum absolute atomic E-state index is 12.7. The van der Waals surface area contributed by atoms with Crippen molar-refractivity contribution in [3.8, 4) is 0 Å². The summed E-state index contributed by atoms with van der Waals surface area (Å²) in [6, 6.07) is 2.59. The van der Waals surface area contributed by atoms with Gasteiger partial charge in [0.25, 0.3) is 0 Å². The van der Waals surface area contributed by atoms with Gasteiger partial charge in [0.1, 0.15) is 5.82 Å². The van der Waals surface area contributed by atoms with Crippen molar-refractivity contribution in [2.24, 2.45) is 0 Å². The number of halogens is 1. The predicted molar refractivity (Wildman–Crippen MR) is 57.5 cm³/mol. The molecule has 0 saturated carbocycles. The van der Waals surface area contributed by atoms with Crippen molar-refractivity contribution in [2.45, 2.75) is 25.8 Å². The van der Waals surface area contributed by atoms with E-state index < -0.39 is 17.3 Å². The number of carbonyl (C=O) groups is 1. The molecule has 88 valence electrons. The number of nitrogens with zero attached hydrogens (tertiary/aromatic N) is 1. The van der Waals surface area contributed by atoms with Gasteiger partial charge >= 0.3 is 5.97 Å². The SMILES string of the molecule is CCCNC(C)(C(=O)O)c1ccc(F)cn1.